The molecule has 0 unspecified atom stereocenters. The van der Waals surface area contributed by atoms with Gasteiger partial charge in [0.25, 0.3) is 11.8 Å². The molecule has 9 nitrogen and oxygen atoms in total. The Hall–Kier alpha value is -2.79. The molecule has 32 heavy (non-hydrogen) atoms. The summed E-state index contributed by atoms with van der Waals surface area (Å²) in [7, 11) is -2.99. The quantitative estimate of drug-likeness (QED) is 0.718. The number of carbonyl (C=O) groups excluding carboxylic acids is 2. The van der Waals surface area contributed by atoms with Gasteiger partial charge >= 0.3 is 0 Å². The highest BCUT2D eigenvalue weighted by Gasteiger charge is 2.42. The van der Waals surface area contributed by atoms with Crippen molar-refractivity contribution < 1.29 is 22.4 Å². The molecule has 3 aliphatic heterocycles. The van der Waals surface area contributed by atoms with Gasteiger partial charge in [-0.1, -0.05) is 17.8 Å². The van der Waals surface area contributed by atoms with E-state index in [9.17, 15) is 18.0 Å². The summed E-state index contributed by atoms with van der Waals surface area (Å²) in [6.45, 7) is 1.79. The Labute approximate surface area is 189 Å². The van der Waals surface area contributed by atoms with E-state index in [2.05, 4.69) is 10.3 Å². The van der Waals surface area contributed by atoms with Crippen molar-refractivity contribution in [2.24, 2.45) is 4.99 Å². The highest BCUT2D eigenvalue weighted by molar-refractivity contribution is 8.15. The zero-order valence-corrected chi connectivity index (χ0v) is 18.8. The van der Waals surface area contributed by atoms with E-state index in [1.807, 2.05) is 6.07 Å². The molecule has 0 bridgehead atoms. The van der Waals surface area contributed by atoms with Gasteiger partial charge in [-0.2, -0.15) is 0 Å². The first-order valence-corrected chi connectivity index (χ1v) is 13.0. The summed E-state index contributed by atoms with van der Waals surface area (Å²) in [5.41, 5.74) is 1.28. The third kappa shape index (κ3) is 4.26. The van der Waals surface area contributed by atoms with Crippen molar-refractivity contribution in [2.45, 2.75) is 11.3 Å². The van der Waals surface area contributed by atoms with Crippen LogP contribution in [0.1, 0.15) is 20.9 Å². The number of amidine groups is 1. The number of benzene rings is 1. The van der Waals surface area contributed by atoms with Crippen LogP contribution in [0, 0.1) is 0 Å². The van der Waals surface area contributed by atoms with Crippen molar-refractivity contribution >= 4 is 44.3 Å². The average Bonchev–Trinajstić information content (AvgIpc) is 3.48. The average molecular weight is 475 g/mol. The lowest BCUT2D eigenvalue weighted by molar-refractivity contribution is 0.0518. The number of hydrogen-bond acceptors (Lipinski definition) is 8. The number of hydrogen-bond donors (Lipinski definition) is 1. The number of furan rings is 1. The zero-order chi connectivity index (χ0) is 22.3. The number of carbonyl (C=O) groups is 2. The number of piperazine rings is 1. The molecular formula is C21H22N4O5S2. The first-order valence-electron chi connectivity index (χ1n) is 10.3. The van der Waals surface area contributed by atoms with Crippen molar-refractivity contribution in [1.29, 1.82) is 0 Å². The molecule has 0 saturated carbocycles. The van der Waals surface area contributed by atoms with Crippen LogP contribution in [-0.2, 0) is 9.84 Å². The van der Waals surface area contributed by atoms with E-state index in [1.165, 1.54) is 18.0 Å². The largest absolute Gasteiger partial charge is 0.459 e. The molecule has 2 amide bonds. The molecule has 5 rings (SSSR count). The highest BCUT2D eigenvalue weighted by Crippen LogP contribution is 2.34. The van der Waals surface area contributed by atoms with Gasteiger partial charge in [-0.05, 0) is 30.3 Å². The number of anilines is 1. The predicted octanol–water partition coefficient (Wildman–Crippen LogP) is 1.56. The summed E-state index contributed by atoms with van der Waals surface area (Å²) in [5, 5.41) is 3.87. The number of nitrogens with zero attached hydrogens (tertiary/aromatic N) is 3. The third-order valence-electron chi connectivity index (χ3n) is 5.76. The molecule has 4 heterocycles. The molecule has 168 valence electrons. The summed E-state index contributed by atoms with van der Waals surface area (Å²) < 4.78 is 28.6. The van der Waals surface area contributed by atoms with Crippen LogP contribution in [0.5, 0.6) is 0 Å². The van der Waals surface area contributed by atoms with Crippen molar-refractivity contribution in [3.8, 4) is 0 Å². The number of nitrogens with one attached hydrogen (secondary N) is 1. The second kappa shape index (κ2) is 8.28. The van der Waals surface area contributed by atoms with E-state index in [1.54, 1.807) is 40.1 Å². The Bertz CT molecular complexity index is 1170. The number of rotatable bonds is 3. The molecule has 2 atom stereocenters. The Morgan fingerprint density at radius 1 is 1.03 bits per heavy atom. The minimum Gasteiger partial charge on any atom is -0.459 e. The summed E-state index contributed by atoms with van der Waals surface area (Å²) in [6, 6.07) is 10.3. The van der Waals surface area contributed by atoms with Gasteiger partial charge in [0.1, 0.15) is 0 Å². The monoisotopic (exact) mass is 474 g/mol. The van der Waals surface area contributed by atoms with Gasteiger partial charge in [-0.25, -0.2) is 8.42 Å². The molecule has 3 aliphatic rings. The van der Waals surface area contributed by atoms with Crippen molar-refractivity contribution in [3.05, 3.63) is 54.0 Å². The van der Waals surface area contributed by atoms with E-state index < -0.39 is 9.84 Å². The van der Waals surface area contributed by atoms with Crippen LogP contribution in [0.4, 0.5) is 5.69 Å². The van der Waals surface area contributed by atoms with E-state index in [4.69, 9.17) is 4.42 Å². The lowest BCUT2D eigenvalue weighted by Gasteiger charge is -2.34. The van der Waals surface area contributed by atoms with Crippen molar-refractivity contribution in [3.63, 3.8) is 0 Å². The van der Waals surface area contributed by atoms with Gasteiger partial charge in [0.15, 0.2) is 20.8 Å². The maximum absolute atomic E-state index is 13.0. The number of sulfone groups is 1. The number of thioether (sulfide) groups is 1. The fraction of sp³-hybridized carbons (Fsp3) is 0.381. The molecule has 1 aromatic heterocycles. The van der Waals surface area contributed by atoms with E-state index in [0.29, 0.717) is 42.7 Å². The topological polar surface area (TPSA) is 112 Å². The van der Waals surface area contributed by atoms with Gasteiger partial charge in [0.05, 0.1) is 23.8 Å². The fourth-order valence-electron chi connectivity index (χ4n) is 4.12. The minimum atomic E-state index is -2.99. The molecule has 2 saturated heterocycles. The van der Waals surface area contributed by atoms with Crippen LogP contribution < -0.4 is 5.32 Å². The van der Waals surface area contributed by atoms with Gasteiger partial charge in [-0.3, -0.25) is 14.6 Å². The van der Waals surface area contributed by atoms with Crippen LogP contribution in [0.2, 0.25) is 0 Å². The molecule has 1 aromatic carbocycles. The van der Waals surface area contributed by atoms with E-state index in [0.717, 1.165) is 5.69 Å². The molecular weight excluding hydrogens is 452 g/mol. The molecule has 2 fully saturated rings. The number of aliphatic imine (C=N–C) groups is 1. The van der Waals surface area contributed by atoms with Gasteiger partial charge in [0, 0.05) is 42.7 Å². The lowest BCUT2D eigenvalue weighted by atomic mass is 10.1. The number of fused-ring (bicyclic) bond motifs is 1. The Balaban J connectivity index is 1.20. The maximum atomic E-state index is 13.0. The first kappa shape index (κ1) is 21.1. The zero-order valence-electron chi connectivity index (χ0n) is 17.1. The van der Waals surface area contributed by atoms with E-state index >= 15 is 0 Å². The molecule has 11 heteroatoms. The second-order valence-electron chi connectivity index (χ2n) is 8.00. The summed E-state index contributed by atoms with van der Waals surface area (Å²) in [6.07, 6.45) is 1.47. The van der Waals surface area contributed by atoms with Crippen molar-refractivity contribution in [1.82, 2.24) is 9.80 Å². The van der Waals surface area contributed by atoms with Crippen molar-refractivity contribution in [2.75, 3.05) is 43.0 Å². The van der Waals surface area contributed by atoms with E-state index in [-0.39, 0.29) is 34.6 Å². The third-order valence-corrected chi connectivity index (χ3v) is 8.91. The van der Waals surface area contributed by atoms with Gasteiger partial charge in [-0.15, -0.1) is 0 Å². The number of amides is 2. The molecule has 0 radical (unpaired) electrons. The summed E-state index contributed by atoms with van der Waals surface area (Å²) in [4.78, 5) is 33.3. The van der Waals surface area contributed by atoms with Crippen LogP contribution in [-0.4, -0.2) is 84.2 Å². The molecule has 2 aromatic rings. The van der Waals surface area contributed by atoms with Crippen LogP contribution in [0.15, 0.2) is 52.1 Å². The maximum Gasteiger partial charge on any atom is 0.289 e. The van der Waals surface area contributed by atoms with Gasteiger partial charge in [0.2, 0.25) is 0 Å². The standard InChI is InChI=1S/C21H22N4O5S2/c26-19(24-6-8-25(9-7-24)20(27)17-5-2-10-30-17)14-3-1-4-15(11-14)22-21-23-16-12-32(28,29)13-18(16)31-21/h1-5,10-11,16,18H,6-9,12-13H2,(H,22,23)/t16-,18+/m1/s1. The minimum absolute atomic E-state index is 0.0347. The van der Waals surface area contributed by atoms with Crippen LogP contribution in [0.3, 0.4) is 0 Å². The molecule has 1 N–H and O–H groups in total. The predicted molar refractivity (Wildman–Crippen MR) is 122 cm³/mol. The smallest absolute Gasteiger partial charge is 0.289 e. The Kier molecular flexibility index (Phi) is 5.46. The Morgan fingerprint density at radius 3 is 2.47 bits per heavy atom. The highest BCUT2D eigenvalue weighted by atomic mass is 32.2. The SMILES string of the molecule is O=C(c1cccc(NC2=N[C@@H]3CS(=O)(=O)C[C@@H]3S2)c1)N1CCN(C(=O)c2ccco2)CC1. The first-order chi connectivity index (χ1) is 15.4. The van der Waals surface area contributed by atoms with Gasteiger partial charge < -0.3 is 19.5 Å². The normalized spacial score (nSPS) is 24.2. The Morgan fingerprint density at radius 2 is 1.78 bits per heavy atom. The van der Waals surface area contributed by atoms with Crippen LogP contribution in [0.25, 0.3) is 0 Å². The molecule has 0 spiro atoms. The fourth-order valence-corrected chi connectivity index (χ4v) is 7.80. The summed E-state index contributed by atoms with van der Waals surface area (Å²) in [5.74, 6) is 0.300. The second-order valence-corrected chi connectivity index (χ2v) is 11.4. The molecule has 0 aliphatic carbocycles. The lowest BCUT2D eigenvalue weighted by Crippen LogP contribution is -2.50. The van der Waals surface area contributed by atoms with Crippen LogP contribution >= 0.6 is 11.8 Å². The summed E-state index contributed by atoms with van der Waals surface area (Å²) >= 11 is 1.44.